The van der Waals surface area contributed by atoms with Gasteiger partial charge in [0.15, 0.2) is 0 Å². The van der Waals surface area contributed by atoms with Crippen LogP contribution in [0.2, 0.25) is 0 Å². The number of nitrogens with zero attached hydrogens (tertiary/aromatic N) is 2. The Kier molecular flexibility index (Phi) is 7.05. The maximum atomic E-state index is 12.8. The van der Waals surface area contributed by atoms with Crippen LogP contribution in [-0.4, -0.2) is 54.1 Å². The lowest BCUT2D eigenvalue weighted by atomic mass is 10.1. The number of methoxy groups -OCH3 is 1. The molecule has 7 nitrogen and oxygen atoms in total. The molecule has 0 aliphatic carbocycles. The first-order chi connectivity index (χ1) is 15.6. The second-order valence-electron chi connectivity index (χ2n) is 7.42. The van der Waals surface area contributed by atoms with Crippen molar-refractivity contribution in [2.75, 3.05) is 20.7 Å². The predicted octanol–water partition coefficient (Wildman–Crippen LogP) is 3.38. The molecule has 0 saturated carbocycles. The van der Waals surface area contributed by atoms with E-state index in [1.807, 2.05) is 5.32 Å². The number of aromatic nitrogens is 1. The van der Waals surface area contributed by atoms with E-state index in [9.17, 15) is 27.6 Å². The molecule has 1 N–H and O–H groups in total. The third-order valence-electron chi connectivity index (χ3n) is 5.01. The van der Waals surface area contributed by atoms with E-state index < -0.39 is 24.6 Å². The lowest BCUT2D eigenvalue weighted by molar-refractivity contribution is -0.131. The summed E-state index contributed by atoms with van der Waals surface area (Å²) in [6, 6.07) is 13.1. The fourth-order valence-electron chi connectivity index (χ4n) is 3.32. The molecule has 0 saturated heterocycles. The highest BCUT2D eigenvalue weighted by Gasteiger charge is 2.27. The van der Waals surface area contributed by atoms with Crippen LogP contribution in [0.3, 0.4) is 0 Å². The van der Waals surface area contributed by atoms with E-state index >= 15 is 0 Å². The standard InChI is InChI=1S/C23H22F3N3O4/c1-28(11-15-7-9-16(10-8-15)21(31)27-14-23(24,25)26)20(30)13-29-12-18(22(32)33-2)17-5-3-4-6-19(17)29/h3-10,12H,11,13-14H2,1-2H3,(H,27,31). The minimum atomic E-state index is -4.48. The molecule has 0 aliphatic heterocycles. The Bertz CT molecular complexity index is 1170. The maximum Gasteiger partial charge on any atom is 0.405 e. The van der Waals surface area contributed by atoms with E-state index in [0.717, 1.165) is 0 Å². The van der Waals surface area contributed by atoms with Gasteiger partial charge in [0.1, 0.15) is 13.1 Å². The first kappa shape index (κ1) is 23.8. The van der Waals surface area contributed by atoms with Crippen molar-refractivity contribution in [3.05, 3.63) is 71.4 Å². The summed E-state index contributed by atoms with van der Waals surface area (Å²) in [6.45, 7) is -1.19. The molecule has 0 bridgehead atoms. The van der Waals surface area contributed by atoms with Crippen LogP contribution in [0.15, 0.2) is 54.7 Å². The van der Waals surface area contributed by atoms with Crippen LogP contribution in [0.5, 0.6) is 0 Å². The molecule has 0 fully saturated rings. The molecule has 0 unspecified atom stereocenters. The Morgan fingerprint density at radius 2 is 1.73 bits per heavy atom. The highest BCUT2D eigenvalue weighted by molar-refractivity contribution is 6.04. The largest absolute Gasteiger partial charge is 0.465 e. The SMILES string of the molecule is COC(=O)c1cn(CC(=O)N(C)Cc2ccc(C(=O)NCC(F)(F)F)cc2)c2ccccc12. The second-order valence-corrected chi connectivity index (χ2v) is 7.42. The number of rotatable bonds is 7. The van der Waals surface area contributed by atoms with Gasteiger partial charge >= 0.3 is 12.1 Å². The van der Waals surface area contributed by atoms with Crippen molar-refractivity contribution in [1.29, 1.82) is 0 Å². The summed E-state index contributed by atoms with van der Waals surface area (Å²) >= 11 is 0. The number of nitrogens with one attached hydrogen (secondary N) is 1. The zero-order chi connectivity index (χ0) is 24.2. The van der Waals surface area contributed by atoms with Crippen LogP contribution in [0.25, 0.3) is 10.9 Å². The van der Waals surface area contributed by atoms with E-state index in [1.165, 1.54) is 24.1 Å². The number of benzene rings is 2. The summed E-state index contributed by atoms with van der Waals surface area (Å²) in [5, 5.41) is 2.49. The first-order valence-electron chi connectivity index (χ1n) is 9.93. The van der Waals surface area contributed by atoms with Crippen LogP contribution in [-0.2, 0) is 22.6 Å². The molecule has 0 radical (unpaired) electrons. The van der Waals surface area contributed by atoms with E-state index in [4.69, 9.17) is 4.74 Å². The predicted molar refractivity (Wildman–Crippen MR) is 115 cm³/mol. The van der Waals surface area contributed by atoms with Crippen LogP contribution < -0.4 is 5.32 Å². The van der Waals surface area contributed by atoms with Gasteiger partial charge in [0, 0.05) is 36.3 Å². The number of carbonyl (C=O) groups is 3. The molecule has 174 valence electrons. The van der Waals surface area contributed by atoms with E-state index in [1.54, 1.807) is 54.2 Å². The van der Waals surface area contributed by atoms with Gasteiger partial charge in [-0.25, -0.2) is 4.79 Å². The summed E-state index contributed by atoms with van der Waals surface area (Å²) in [7, 11) is 2.90. The number of likely N-dealkylation sites (N-methyl/N-ethyl adjacent to an activating group) is 1. The van der Waals surface area contributed by atoms with E-state index in [0.29, 0.717) is 22.0 Å². The van der Waals surface area contributed by atoms with Gasteiger partial charge in [-0.05, 0) is 23.8 Å². The Morgan fingerprint density at radius 3 is 2.36 bits per heavy atom. The van der Waals surface area contributed by atoms with Gasteiger partial charge in [0.05, 0.1) is 12.7 Å². The van der Waals surface area contributed by atoms with Crippen molar-refractivity contribution in [1.82, 2.24) is 14.8 Å². The van der Waals surface area contributed by atoms with Crippen molar-refractivity contribution in [2.45, 2.75) is 19.3 Å². The van der Waals surface area contributed by atoms with E-state index in [-0.39, 0.29) is 24.6 Å². The van der Waals surface area contributed by atoms with Gasteiger partial charge in [-0.3, -0.25) is 9.59 Å². The minimum absolute atomic E-state index is 0.00800. The van der Waals surface area contributed by atoms with Crippen LogP contribution in [0.1, 0.15) is 26.3 Å². The molecule has 1 aromatic heterocycles. The molecule has 3 rings (SSSR count). The normalized spacial score (nSPS) is 11.3. The average molecular weight is 461 g/mol. The molecule has 0 aliphatic rings. The minimum Gasteiger partial charge on any atom is -0.465 e. The molecule has 33 heavy (non-hydrogen) atoms. The fraction of sp³-hybridized carbons (Fsp3) is 0.261. The van der Waals surface area contributed by atoms with Crippen molar-refractivity contribution in [3.8, 4) is 0 Å². The zero-order valence-corrected chi connectivity index (χ0v) is 18.0. The first-order valence-corrected chi connectivity index (χ1v) is 9.93. The number of hydrogen-bond donors (Lipinski definition) is 1. The summed E-state index contributed by atoms with van der Waals surface area (Å²) < 4.78 is 43.2. The quantitative estimate of drug-likeness (QED) is 0.547. The van der Waals surface area contributed by atoms with Gasteiger partial charge in [-0.2, -0.15) is 13.2 Å². The van der Waals surface area contributed by atoms with Crippen LogP contribution >= 0.6 is 0 Å². The highest BCUT2D eigenvalue weighted by Crippen LogP contribution is 2.22. The van der Waals surface area contributed by atoms with Crippen molar-refractivity contribution >= 4 is 28.7 Å². The number of esters is 1. The number of amides is 2. The topological polar surface area (TPSA) is 80.6 Å². The Labute approximate surface area is 187 Å². The smallest absolute Gasteiger partial charge is 0.405 e. The Balaban J connectivity index is 1.66. The molecule has 0 atom stereocenters. The van der Waals surface area contributed by atoms with Crippen molar-refractivity contribution < 1.29 is 32.3 Å². The summed E-state index contributed by atoms with van der Waals surface area (Å²) in [5.41, 5.74) is 1.87. The molecule has 2 aromatic carbocycles. The lowest BCUT2D eigenvalue weighted by Gasteiger charge is -2.18. The fourth-order valence-corrected chi connectivity index (χ4v) is 3.32. The average Bonchev–Trinajstić information content (AvgIpc) is 3.15. The third-order valence-corrected chi connectivity index (χ3v) is 5.01. The lowest BCUT2D eigenvalue weighted by Crippen LogP contribution is -2.33. The summed E-state index contributed by atoms with van der Waals surface area (Å²) in [6.07, 6.45) is -2.90. The van der Waals surface area contributed by atoms with Gasteiger partial charge in [0.2, 0.25) is 5.91 Å². The number of halogens is 3. The maximum absolute atomic E-state index is 12.8. The molecule has 3 aromatic rings. The van der Waals surface area contributed by atoms with Crippen LogP contribution in [0.4, 0.5) is 13.2 Å². The van der Waals surface area contributed by atoms with Gasteiger partial charge < -0.3 is 19.5 Å². The number of para-hydroxylation sites is 1. The molecule has 10 heteroatoms. The van der Waals surface area contributed by atoms with Crippen LogP contribution in [0, 0.1) is 0 Å². The molecule has 1 heterocycles. The van der Waals surface area contributed by atoms with Gasteiger partial charge in [-0.15, -0.1) is 0 Å². The number of alkyl halides is 3. The summed E-state index contributed by atoms with van der Waals surface area (Å²) in [5.74, 6) is -1.55. The van der Waals surface area contributed by atoms with Crippen molar-refractivity contribution in [2.24, 2.45) is 0 Å². The van der Waals surface area contributed by atoms with Crippen molar-refractivity contribution in [3.63, 3.8) is 0 Å². The Morgan fingerprint density at radius 1 is 1.06 bits per heavy atom. The number of ether oxygens (including phenoxy) is 1. The molecule has 2 amide bonds. The molecule has 0 spiro atoms. The third kappa shape index (κ3) is 5.91. The summed E-state index contributed by atoms with van der Waals surface area (Å²) in [4.78, 5) is 38.1. The number of carbonyl (C=O) groups excluding carboxylic acids is 3. The Hall–Kier alpha value is -3.82. The zero-order valence-electron chi connectivity index (χ0n) is 18.0. The van der Waals surface area contributed by atoms with Gasteiger partial charge in [-0.1, -0.05) is 30.3 Å². The monoisotopic (exact) mass is 461 g/mol. The number of hydrogen-bond acceptors (Lipinski definition) is 4. The second kappa shape index (κ2) is 9.76. The molecular weight excluding hydrogens is 439 g/mol. The molecular formula is C23H22F3N3O4. The highest BCUT2D eigenvalue weighted by atomic mass is 19.4. The van der Waals surface area contributed by atoms with Gasteiger partial charge in [0.25, 0.3) is 5.91 Å². The van der Waals surface area contributed by atoms with E-state index in [2.05, 4.69) is 0 Å². The number of fused-ring (bicyclic) bond motifs is 1.